The molecule has 1 saturated heterocycles. The first-order valence-corrected chi connectivity index (χ1v) is 8.42. The van der Waals surface area contributed by atoms with E-state index >= 15 is 0 Å². The maximum atomic E-state index is 12.3. The molecule has 5 nitrogen and oxygen atoms in total. The second-order valence-corrected chi connectivity index (χ2v) is 6.64. The number of para-hydroxylation sites is 1. The molecule has 0 unspecified atom stereocenters. The van der Waals surface area contributed by atoms with Crippen LogP contribution >= 0.6 is 0 Å². The molecule has 1 aromatic carbocycles. The Kier molecular flexibility index (Phi) is 3.94. The fourth-order valence-electron chi connectivity index (χ4n) is 3.65. The van der Waals surface area contributed by atoms with Crippen LogP contribution in [0.25, 0.3) is 0 Å². The van der Waals surface area contributed by atoms with Crippen molar-refractivity contribution in [3.63, 3.8) is 0 Å². The summed E-state index contributed by atoms with van der Waals surface area (Å²) < 4.78 is 6.38. The zero-order valence-electron chi connectivity index (χ0n) is 13.6. The van der Waals surface area contributed by atoms with E-state index in [-0.39, 0.29) is 11.5 Å². The standard InChI is InChI=1S/C19H21N3O2/c23-18-16-6-1-2-7-17(16)24-19(13-21-18)8-4-10-22(14-19)12-15-5-3-9-20-11-15/h1-3,5-7,9,11H,4,8,10,12-14H2,(H,21,23)/t19-/m1/s1. The van der Waals surface area contributed by atoms with Crippen molar-refractivity contribution in [3.05, 3.63) is 59.9 Å². The molecule has 1 aromatic heterocycles. The molecule has 1 atom stereocenters. The van der Waals surface area contributed by atoms with E-state index in [4.69, 9.17) is 4.74 Å². The molecule has 3 heterocycles. The molecule has 1 spiro atoms. The topological polar surface area (TPSA) is 54.5 Å². The van der Waals surface area contributed by atoms with Gasteiger partial charge in [-0.2, -0.15) is 0 Å². The number of ether oxygens (including phenoxy) is 1. The third kappa shape index (κ3) is 2.99. The van der Waals surface area contributed by atoms with Crippen molar-refractivity contribution < 1.29 is 9.53 Å². The van der Waals surface area contributed by atoms with E-state index in [1.165, 1.54) is 5.56 Å². The van der Waals surface area contributed by atoms with Gasteiger partial charge in [0, 0.05) is 25.5 Å². The van der Waals surface area contributed by atoms with Gasteiger partial charge in [0.1, 0.15) is 11.4 Å². The molecule has 1 amide bonds. The average Bonchev–Trinajstić information content (AvgIpc) is 2.74. The molecule has 124 valence electrons. The number of nitrogens with zero attached hydrogens (tertiary/aromatic N) is 2. The molecule has 1 fully saturated rings. The zero-order chi connectivity index (χ0) is 16.4. The summed E-state index contributed by atoms with van der Waals surface area (Å²) >= 11 is 0. The first-order chi connectivity index (χ1) is 11.7. The van der Waals surface area contributed by atoms with E-state index in [9.17, 15) is 4.79 Å². The fourth-order valence-corrected chi connectivity index (χ4v) is 3.65. The lowest BCUT2D eigenvalue weighted by atomic mass is 9.92. The molecule has 1 N–H and O–H groups in total. The molecule has 0 aliphatic carbocycles. The third-order valence-corrected chi connectivity index (χ3v) is 4.78. The average molecular weight is 323 g/mol. The van der Waals surface area contributed by atoms with E-state index in [0.717, 1.165) is 32.5 Å². The van der Waals surface area contributed by atoms with Crippen LogP contribution < -0.4 is 10.1 Å². The Balaban J connectivity index is 1.55. The summed E-state index contributed by atoms with van der Waals surface area (Å²) in [6, 6.07) is 11.6. The summed E-state index contributed by atoms with van der Waals surface area (Å²) in [5, 5.41) is 3.04. The quantitative estimate of drug-likeness (QED) is 0.921. The third-order valence-electron chi connectivity index (χ3n) is 4.78. The fraction of sp³-hybridized carbons (Fsp3) is 0.368. The Labute approximate surface area is 141 Å². The molecule has 5 heteroatoms. The van der Waals surface area contributed by atoms with Gasteiger partial charge in [-0.3, -0.25) is 14.7 Å². The molecule has 0 bridgehead atoms. The molecule has 24 heavy (non-hydrogen) atoms. The Hall–Kier alpha value is -2.40. The van der Waals surface area contributed by atoms with Crippen LogP contribution in [0.4, 0.5) is 0 Å². The Morgan fingerprint density at radius 1 is 1.25 bits per heavy atom. The number of carbonyl (C=O) groups excluding carboxylic acids is 1. The van der Waals surface area contributed by atoms with Gasteiger partial charge in [0.05, 0.1) is 12.1 Å². The smallest absolute Gasteiger partial charge is 0.255 e. The SMILES string of the molecule is O=C1NC[C@@]2(CCCN(Cc3cccnc3)C2)Oc2ccccc21. The highest BCUT2D eigenvalue weighted by Crippen LogP contribution is 2.32. The number of carbonyl (C=O) groups is 1. The normalized spacial score (nSPS) is 23.9. The molecule has 2 aliphatic rings. The first kappa shape index (κ1) is 15.1. The monoisotopic (exact) mass is 323 g/mol. The summed E-state index contributed by atoms with van der Waals surface area (Å²) in [6.07, 6.45) is 5.71. The number of likely N-dealkylation sites (tertiary alicyclic amines) is 1. The van der Waals surface area contributed by atoms with Gasteiger partial charge in [0.25, 0.3) is 5.91 Å². The van der Waals surface area contributed by atoms with Crippen molar-refractivity contribution in [2.45, 2.75) is 25.0 Å². The number of fused-ring (bicyclic) bond motifs is 1. The van der Waals surface area contributed by atoms with Gasteiger partial charge in [0.15, 0.2) is 0 Å². The summed E-state index contributed by atoms with van der Waals surface area (Å²) in [5.74, 6) is 0.641. The number of amides is 1. The Morgan fingerprint density at radius 2 is 2.17 bits per heavy atom. The number of hydrogen-bond acceptors (Lipinski definition) is 4. The van der Waals surface area contributed by atoms with E-state index in [0.29, 0.717) is 17.9 Å². The zero-order valence-corrected chi connectivity index (χ0v) is 13.6. The Bertz CT molecular complexity index is 734. The summed E-state index contributed by atoms with van der Waals surface area (Å²) in [6.45, 7) is 3.24. The van der Waals surface area contributed by atoms with E-state index < -0.39 is 0 Å². The molecule has 2 aromatic rings. The van der Waals surface area contributed by atoms with E-state index in [1.807, 2.05) is 36.5 Å². The van der Waals surface area contributed by atoms with Crippen LogP contribution in [0, 0.1) is 0 Å². The maximum Gasteiger partial charge on any atom is 0.255 e. The van der Waals surface area contributed by atoms with Crippen molar-refractivity contribution in [3.8, 4) is 5.75 Å². The van der Waals surface area contributed by atoms with Crippen molar-refractivity contribution >= 4 is 5.91 Å². The maximum absolute atomic E-state index is 12.3. The van der Waals surface area contributed by atoms with Crippen LogP contribution in [-0.2, 0) is 6.54 Å². The van der Waals surface area contributed by atoms with Crippen LogP contribution in [0.3, 0.4) is 0 Å². The highest BCUT2D eigenvalue weighted by atomic mass is 16.5. The van der Waals surface area contributed by atoms with Crippen LogP contribution in [0.15, 0.2) is 48.8 Å². The van der Waals surface area contributed by atoms with Gasteiger partial charge < -0.3 is 10.1 Å². The molecule has 0 saturated carbocycles. The van der Waals surface area contributed by atoms with Crippen LogP contribution in [0.5, 0.6) is 5.75 Å². The summed E-state index contributed by atoms with van der Waals surface area (Å²) in [4.78, 5) is 18.9. The van der Waals surface area contributed by atoms with Crippen molar-refractivity contribution in [1.29, 1.82) is 0 Å². The minimum atomic E-state index is -0.358. The number of benzene rings is 1. The lowest BCUT2D eigenvalue weighted by Gasteiger charge is -2.42. The number of pyridine rings is 1. The van der Waals surface area contributed by atoms with Crippen molar-refractivity contribution in [2.75, 3.05) is 19.6 Å². The lowest BCUT2D eigenvalue weighted by molar-refractivity contribution is -0.00707. The summed E-state index contributed by atoms with van der Waals surface area (Å²) in [7, 11) is 0. The molecular weight excluding hydrogens is 302 g/mol. The predicted molar refractivity (Wildman–Crippen MR) is 90.9 cm³/mol. The second-order valence-electron chi connectivity index (χ2n) is 6.64. The largest absolute Gasteiger partial charge is 0.483 e. The lowest BCUT2D eigenvalue weighted by Crippen LogP contribution is -2.56. The van der Waals surface area contributed by atoms with Crippen LogP contribution in [0.2, 0.25) is 0 Å². The number of nitrogens with one attached hydrogen (secondary N) is 1. The van der Waals surface area contributed by atoms with Crippen molar-refractivity contribution in [1.82, 2.24) is 15.2 Å². The summed E-state index contributed by atoms with van der Waals surface area (Å²) in [5.41, 5.74) is 1.47. The number of rotatable bonds is 2. The van der Waals surface area contributed by atoms with Crippen LogP contribution in [-0.4, -0.2) is 41.0 Å². The number of aromatic nitrogens is 1. The number of hydrogen-bond donors (Lipinski definition) is 1. The van der Waals surface area contributed by atoms with Gasteiger partial charge in [-0.25, -0.2) is 0 Å². The van der Waals surface area contributed by atoms with Crippen LogP contribution in [0.1, 0.15) is 28.8 Å². The van der Waals surface area contributed by atoms with Gasteiger partial charge in [-0.1, -0.05) is 18.2 Å². The highest BCUT2D eigenvalue weighted by Gasteiger charge is 2.40. The van der Waals surface area contributed by atoms with Crippen molar-refractivity contribution in [2.24, 2.45) is 0 Å². The van der Waals surface area contributed by atoms with E-state index in [1.54, 1.807) is 6.20 Å². The van der Waals surface area contributed by atoms with Gasteiger partial charge >= 0.3 is 0 Å². The molecule has 2 aliphatic heterocycles. The minimum absolute atomic E-state index is 0.0492. The minimum Gasteiger partial charge on any atom is -0.483 e. The molecular formula is C19H21N3O2. The van der Waals surface area contributed by atoms with Gasteiger partial charge in [-0.05, 0) is 43.1 Å². The second kappa shape index (κ2) is 6.24. The molecule has 0 radical (unpaired) electrons. The number of piperidine rings is 1. The van der Waals surface area contributed by atoms with E-state index in [2.05, 4.69) is 21.3 Å². The molecule has 4 rings (SSSR count). The first-order valence-electron chi connectivity index (χ1n) is 8.42. The van der Waals surface area contributed by atoms with Gasteiger partial charge in [0.2, 0.25) is 0 Å². The predicted octanol–water partition coefficient (Wildman–Crippen LogP) is 2.24. The van der Waals surface area contributed by atoms with Gasteiger partial charge in [-0.15, -0.1) is 0 Å². The highest BCUT2D eigenvalue weighted by molar-refractivity contribution is 5.97. The Morgan fingerprint density at radius 3 is 3.04 bits per heavy atom.